The summed E-state index contributed by atoms with van der Waals surface area (Å²) >= 11 is 0. The standard InChI is InChI=1S/C17H10F4N2O4/c1-7(16(24)23-15-13(20)9(18)5-10(19)14(15)21)27-17(25)8-2-3-12-11(4-8)22-6-26-12/h2-7H,1H3,(H,23,24). The Morgan fingerprint density at radius 2 is 1.78 bits per heavy atom. The SMILES string of the molecule is CC(OC(=O)c1ccc2ocnc2c1)C(=O)Nc1c(F)c(F)cc(F)c1F. The number of amides is 1. The monoisotopic (exact) mass is 382 g/mol. The van der Waals surface area contributed by atoms with Crippen LogP contribution in [0.2, 0.25) is 0 Å². The van der Waals surface area contributed by atoms with Crippen molar-refractivity contribution in [2.45, 2.75) is 13.0 Å². The van der Waals surface area contributed by atoms with E-state index in [0.29, 0.717) is 11.1 Å². The highest BCUT2D eigenvalue weighted by Crippen LogP contribution is 2.24. The summed E-state index contributed by atoms with van der Waals surface area (Å²) in [6, 6.07) is 4.18. The molecule has 1 aromatic heterocycles. The van der Waals surface area contributed by atoms with E-state index in [2.05, 4.69) is 4.98 Å². The lowest BCUT2D eigenvalue weighted by atomic mass is 10.2. The highest BCUT2D eigenvalue weighted by atomic mass is 19.2. The zero-order chi connectivity index (χ0) is 19.7. The summed E-state index contributed by atoms with van der Waals surface area (Å²) < 4.78 is 63.4. The largest absolute Gasteiger partial charge is 0.449 e. The third kappa shape index (κ3) is 3.59. The summed E-state index contributed by atoms with van der Waals surface area (Å²) in [5, 5.41) is 1.67. The van der Waals surface area contributed by atoms with Gasteiger partial charge in [0.15, 0.2) is 41.3 Å². The summed E-state index contributed by atoms with van der Waals surface area (Å²) in [5.41, 5.74) is -0.466. The number of hydrogen-bond donors (Lipinski definition) is 1. The van der Waals surface area contributed by atoms with E-state index in [1.165, 1.54) is 24.6 Å². The Bertz CT molecular complexity index is 1020. The number of ether oxygens (including phenoxy) is 1. The number of nitrogens with zero attached hydrogens (tertiary/aromatic N) is 1. The van der Waals surface area contributed by atoms with Crippen LogP contribution >= 0.6 is 0 Å². The lowest BCUT2D eigenvalue weighted by Gasteiger charge is -2.14. The molecule has 2 aromatic carbocycles. The molecule has 27 heavy (non-hydrogen) atoms. The Balaban J connectivity index is 1.73. The van der Waals surface area contributed by atoms with Gasteiger partial charge in [0.1, 0.15) is 11.2 Å². The Morgan fingerprint density at radius 1 is 1.11 bits per heavy atom. The van der Waals surface area contributed by atoms with Crippen LogP contribution in [0.15, 0.2) is 35.1 Å². The molecular weight excluding hydrogens is 372 g/mol. The van der Waals surface area contributed by atoms with Crippen LogP contribution in [0.4, 0.5) is 23.2 Å². The molecular formula is C17H10F4N2O4. The van der Waals surface area contributed by atoms with Gasteiger partial charge in [-0.3, -0.25) is 4.79 Å². The average molecular weight is 382 g/mol. The quantitative estimate of drug-likeness (QED) is 0.424. The van der Waals surface area contributed by atoms with E-state index in [1.807, 2.05) is 0 Å². The molecule has 140 valence electrons. The summed E-state index contributed by atoms with van der Waals surface area (Å²) in [7, 11) is 0. The molecule has 1 N–H and O–H groups in total. The van der Waals surface area contributed by atoms with Crippen LogP contribution in [0.1, 0.15) is 17.3 Å². The number of halogens is 4. The van der Waals surface area contributed by atoms with Crippen molar-refractivity contribution in [2.75, 3.05) is 5.32 Å². The lowest BCUT2D eigenvalue weighted by molar-refractivity contribution is -0.123. The number of hydrogen-bond acceptors (Lipinski definition) is 5. The second-order valence-electron chi connectivity index (χ2n) is 5.41. The number of rotatable bonds is 4. The second-order valence-corrected chi connectivity index (χ2v) is 5.41. The van der Waals surface area contributed by atoms with E-state index in [9.17, 15) is 27.2 Å². The fourth-order valence-electron chi connectivity index (χ4n) is 2.17. The molecule has 6 nitrogen and oxygen atoms in total. The molecule has 1 atom stereocenters. The molecule has 0 radical (unpaired) electrons. The molecule has 1 amide bonds. The van der Waals surface area contributed by atoms with Gasteiger partial charge >= 0.3 is 5.97 Å². The van der Waals surface area contributed by atoms with E-state index >= 15 is 0 Å². The summed E-state index contributed by atoms with van der Waals surface area (Å²) in [6.45, 7) is 1.12. The van der Waals surface area contributed by atoms with Crippen LogP contribution in [0.3, 0.4) is 0 Å². The first-order valence-electron chi connectivity index (χ1n) is 7.46. The van der Waals surface area contributed by atoms with Crippen molar-refractivity contribution in [1.82, 2.24) is 4.98 Å². The number of benzene rings is 2. The van der Waals surface area contributed by atoms with Crippen molar-refractivity contribution < 1.29 is 36.3 Å². The fraction of sp³-hybridized carbons (Fsp3) is 0.118. The Kier molecular flexibility index (Phi) is 4.80. The summed E-state index contributed by atoms with van der Waals surface area (Å²) in [5.74, 6) is -9.04. The van der Waals surface area contributed by atoms with Gasteiger partial charge in [0.05, 0.1) is 5.56 Å². The van der Waals surface area contributed by atoms with Gasteiger partial charge in [-0.25, -0.2) is 27.3 Å². The van der Waals surface area contributed by atoms with E-state index in [0.717, 1.165) is 6.92 Å². The van der Waals surface area contributed by atoms with Crippen LogP contribution in [-0.2, 0) is 9.53 Å². The first-order chi connectivity index (χ1) is 12.8. The van der Waals surface area contributed by atoms with Crippen LogP contribution in [0, 0.1) is 23.3 Å². The zero-order valence-electron chi connectivity index (χ0n) is 13.6. The molecule has 3 aromatic rings. The van der Waals surface area contributed by atoms with Gasteiger partial charge < -0.3 is 14.5 Å². The van der Waals surface area contributed by atoms with Gasteiger partial charge in [-0.15, -0.1) is 0 Å². The first kappa shape index (κ1) is 18.4. The number of carbonyl (C=O) groups is 2. The molecule has 1 unspecified atom stereocenters. The summed E-state index contributed by atoms with van der Waals surface area (Å²) in [6.07, 6.45) is -0.340. The van der Waals surface area contributed by atoms with Crippen molar-refractivity contribution in [3.63, 3.8) is 0 Å². The first-order valence-corrected chi connectivity index (χ1v) is 7.46. The third-order valence-corrected chi connectivity index (χ3v) is 3.58. The van der Waals surface area contributed by atoms with Crippen molar-refractivity contribution in [1.29, 1.82) is 0 Å². The normalized spacial score (nSPS) is 12.0. The molecule has 0 bridgehead atoms. The fourth-order valence-corrected chi connectivity index (χ4v) is 2.17. The number of esters is 1. The van der Waals surface area contributed by atoms with E-state index in [-0.39, 0.29) is 11.6 Å². The van der Waals surface area contributed by atoms with Crippen LogP contribution in [0.5, 0.6) is 0 Å². The minimum atomic E-state index is -1.78. The number of anilines is 1. The maximum Gasteiger partial charge on any atom is 0.338 e. The van der Waals surface area contributed by atoms with Crippen molar-refractivity contribution in [3.05, 3.63) is 59.5 Å². The summed E-state index contributed by atoms with van der Waals surface area (Å²) in [4.78, 5) is 27.9. The van der Waals surface area contributed by atoms with Gasteiger partial charge in [0.25, 0.3) is 5.91 Å². The Labute approximate surface area is 148 Å². The van der Waals surface area contributed by atoms with Crippen LogP contribution in [-0.4, -0.2) is 23.0 Å². The van der Waals surface area contributed by atoms with E-state index in [1.54, 1.807) is 5.32 Å². The lowest BCUT2D eigenvalue weighted by Crippen LogP contribution is -2.31. The van der Waals surface area contributed by atoms with Crippen molar-refractivity contribution in [2.24, 2.45) is 0 Å². The molecule has 3 rings (SSSR count). The average Bonchev–Trinajstić information content (AvgIpc) is 3.11. The predicted molar refractivity (Wildman–Crippen MR) is 83.8 cm³/mol. The molecule has 0 aliphatic rings. The number of nitrogens with one attached hydrogen (secondary N) is 1. The Morgan fingerprint density at radius 3 is 2.44 bits per heavy atom. The second kappa shape index (κ2) is 7.06. The minimum absolute atomic E-state index is 0.00379. The van der Waals surface area contributed by atoms with Gasteiger partial charge in [0, 0.05) is 6.07 Å². The minimum Gasteiger partial charge on any atom is -0.449 e. The molecule has 0 aliphatic heterocycles. The van der Waals surface area contributed by atoms with Crippen molar-refractivity contribution in [3.8, 4) is 0 Å². The highest BCUT2D eigenvalue weighted by Gasteiger charge is 2.25. The number of carbonyl (C=O) groups excluding carboxylic acids is 2. The van der Waals surface area contributed by atoms with Crippen LogP contribution in [0.25, 0.3) is 11.1 Å². The maximum absolute atomic E-state index is 13.6. The van der Waals surface area contributed by atoms with E-state index < -0.39 is 46.9 Å². The van der Waals surface area contributed by atoms with E-state index in [4.69, 9.17) is 9.15 Å². The van der Waals surface area contributed by atoms with Gasteiger partial charge in [-0.1, -0.05) is 0 Å². The molecule has 0 saturated heterocycles. The molecule has 0 fully saturated rings. The van der Waals surface area contributed by atoms with Crippen LogP contribution < -0.4 is 5.32 Å². The smallest absolute Gasteiger partial charge is 0.338 e. The van der Waals surface area contributed by atoms with Crippen molar-refractivity contribution >= 4 is 28.7 Å². The molecule has 0 saturated carbocycles. The number of aromatic nitrogens is 1. The predicted octanol–water partition coefficient (Wildman–Crippen LogP) is 3.57. The molecule has 0 aliphatic carbocycles. The number of oxazole rings is 1. The highest BCUT2D eigenvalue weighted by molar-refractivity contribution is 5.98. The number of fused-ring (bicyclic) bond motifs is 1. The van der Waals surface area contributed by atoms with Gasteiger partial charge in [-0.05, 0) is 25.1 Å². The Hall–Kier alpha value is -3.43. The molecule has 1 heterocycles. The third-order valence-electron chi connectivity index (χ3n) is 3.58. The topological polar surface area (TPSA) is 81.4 Å². The molecule has 0 spiro atoms. The maximum atomic E-state index is 13.6. The van der Waals surface area contributed by atoms with Gasteiger partial charge in [-0.2, -0.15) is 0 Å². The molecule has 10 heteroatoms. The van der Waals surface area contributed by atoms with Gasteiger partial charge in [0.2, 0.25) is 0 Å². The zero-order valence-corrected chi connectivity index (χ0v) is 13.6.